The Balaban J connectivity index is 0.000000225. The summed E-state index contributed by atoms with van der Waals surface area (Å²) < 4.78 is 37.5. The Morgan fingerprint density at radius 1 is 1.36 bits per heavy atom. The van der Waals surface area contributed by atoms with Crippen molar-refractivity contribution >= 4 is 11.7 Å². The summed E-state index contributed by atoms with van der Waals surface area (Å²) >= 11 is 0. The summed E-state index contributed by atoms with van der Waals surface area (Å²) in [5, 5.41) is 10.5. The number of fused-ring (bicyclic) bond motifs is 1. The van der Waals surface area contributed by atoms with E-state index in [1.54, 1.807) is 0 Å². The predicted octanol–water partition coefficient (Wildman–Crippen LogP) is 1.91. The third-order valence-electron chi connectivity index (χ3n) is 4.66. The number of ether oxygens (including phenoxy) is 1. The van der Waals surface area contributed by atoms with E-state index in [1.807, 2.05) is 12.4 Å². The first kappa shape index (κ1) is 17.8. The maximum atomic E-state index is 10.6. The van der Waals surface area contributed by atoms with Gasteiger partial charge in [-0.15, -0.1) is 0 Å². The number of hydrogen-bond acceptors (Lipinski definition) is 5. The van der Waals surface area contributed by atoms with Crippen LogP contribution in [0.1, 0.15) is 12.8 Å². The number of aromatic nitrogens is 1. The third-order valence-corrected chi connectivity index (χ3v) is 4.66. The molecule has 1 aliphatic carbocycles. The second-order valence-electron chi connectivity index (χ2n) is 6.59. The molecule has 2 aliphatic heterocycles. The molecular weight excluding hydrogens is 339 g/mol. The Morgan fingerprint density at radius 2 is 2.00 bits per heavy atom. The maximum absolute atomic E-state index is 10.6. The van der Waals surface area contributed by atoms with Crippen molar-refractivity contribution in [1.29, 1.82) is 0 Å². The van der Waals surface area contributed by atoms with Crippen molar-refractivity contribution in [2.45, 2.75) is 25.1 Å². The van der Waals surface area contributed by atoms with Gasteiger partial charge in [-0.3, -0.25) is 4.98 Å². The molecule has 0 radical (unpaired) electrons. The molecule has 2 saturated heterocycles. The third kappa shape index (κ3) is 4.75. The summed E-state index contributed by atoms with van der Waals surface area (Å²) in [5.74, 6) is 0.0526. The van der Waals surface area contributed by atoms with Gasteiger partial charge >= 0.3 is 12.1 Å². The van der Waals surface area contributed by atoms with E-state index >= 15 is 0 Å². The number of carboxylic acid groups (broad SMARTS) is 1. The average Bonchev–Trinajstić information content (AvgIpc) is 3.12. The molecule has 6 nitrogen and oxygen atoms in total. The fraction of sp³-hybridized carbons (Fsp3) is 0.625. The van der Waals surface area contributed by atoms with Crippen molar-refractivity contribution in [3.05, 3.63) is 18.5 Å². The van der Waals surface area contributed by atoms with Crippen molar-refractivity contribution in [2.24, 2.45) is 11.8 Å². The molecule has 3 atom stereocenters. The maximum Gasteiger partial charge on any atom is 0.490 e. The van der Waals surface area contributed by atoms with E-state index in [4.69, 9.17) is 14.6 Å². The van der Waals surface area contributed by atoms with E-state index in [9.17, 15) is 13.2 Å². The topological polar surface area (TPSA) is 74.7 Å². The highest BCUT2D eigenvalue weighted by Crippen LogP contribution is 2.46. The molecule has 1 aromatic rings. The number of aliphatic carboxylic acids is 1. The van der Waals surface area contributed by atoms with E-state index in [0.29, 0.717) is 6.04 Å². The van der Waals surface area contributed by atoms with Gasteiger partial charge in [0.15, 0.2) is 0 Å². The monoisotopic (exact) mass is 359 g/mol. The minimum atomic E-state index is -5.08. The van der Waals surface area contributed by atoms with Crippen molar-refractivity contribution in [1.82, 2.24) is 10.3 Å². The number of piperidine rings is 1. The van der Waals surface area contributed by atoms with Crippen molar-refractivity contribution in [3.63, 3.8) is 0 Å². The number of nitrogens with zero attached hydrogens (tertiary/aromatic N) is 2. The smallest absolute Gasteiger partial charge is 0.490 e. The zero-order valence-corrected chi connectivity index (χ0v) is 13.5. The summed E-state index contributed by atoms with van der Waals surface area (Å²) in [6, 6.07) is 2.67. The minimum absolute atomic E-state index is 0.535. The summed E-state index contributed by atoms with van der Waals surface area (Å²) in [5.41, 5.74) is 1.22. The molecule has 2 N–H and O–H groups in total. The van der Waals surface area contributed by atoms with Crippen LogP contribution in [0.3, 0.4) is 0 Å². The zero-order valence-electron chi connectivity index (χ0n) is 13.5. The zero-order chi connectivity index (χ0) is 18.0. The van der Waals surface area contributed by atoms with Gasteiger partial charge in [-0.1, -0.05) is 0 Å². The molecule has 0 amide bonds. The fourth-order valence-corrected chi connectivity index (χ4v) is 2.96. The van der Waals surface area contributed by atoms with E-state index in [1.165, 1.54) is 31.6 Å². The average molecular weight is 359 g/mol. The van der Waals surface area contributed by atoms with Crippen molar-refractivity contribution in [2.75, 3.05) is 31.1 Å². The molecule has 138 valence electrons. The predicted molar refractivity (Wildman–Crippen MR) is 83.6 cm³/mol. The first-order chi connectivity index (χ1) is 11.8. The van der Waals surface area contributed by atoms with Crippen LogP contribution in [0.4, 0.5) is 18.9 Å². The van der Waals surface area contributed by atoms with Gasteiger partial charge in [0.2, 0.25) is 0 Å². The lowest BCUT2D eigenvalue weighted by atomic mass is 10.1. The van der Waals surface area contributed by atoms with Crippen LogP contribution in [0.25, 0.3) is 0 Å². The summed E-state index contributed by atoms with van der Waals surface area (Å²) in [6.45, 7) is 4.30. The van der Waals surface area contributed by atoms with Gasteiger partial charge in [0.1, 0.15) is 12.4 Å². The summed E-state index contributed by atoms with van der Waals surface area (Å²) in [7, 11) is 0. The van der Waals surface area contributed by atoms with Crippen LogP contribution in [-0.4, -0.2) is 54.5 Å². The largest absolute Gasteiger partial charge is 0.490 e. The molecular formula is C16H20F3N3O3. The number of hydrogen-bond donors (Lipinski definition) is 2. The number of nitrogens with one attached hydrogen (secondary N) is 1. The lowest BCUT2D eigenvalue weighted by molar-refractivity contribution is -0.192. The number of carbonyl (C=O) groups is 1. The Labute approximate surface area is 143 Å². The van der Waals surface area contributed by atoms with Gasteiger partial charge in [0.25, 0.3) is 0 Å². The Kier molecular flexibility index (Phi) is 5.03. The van der Waals surface area contributed by atoms with Gasteiger partial charge < -0.3 is 20.1 Å². The van der Waals surface area contributed by atoms with Crippen LogP contribution >= 0.6 is 0 Å². The summed E-state index contributed by atoms with van der Waals surface area (Å²) in [6.07, 6.45) is 1.36. The standard InChI is InChI=1S/C14H19N3O.C2HF3O2/c1-2-16-12(1)9-18-14-4-13(5-15-6-14)17-7-10-3-11(10)8-17;3-2(4,5)1(6)7/h4-6,10-12,16H,1-3,7-9H2;(H,6,7)/t10?,11?,12-;/m1./s1. The lowest BCUT2D eigenvalue weighted by Gasteiger charge is -2.27. The Morgan fingerprint density at radius 3 is 2.52 bits per heavy atom. The molecule has 3 heterocycles. The molecule has 0 bridgehead atoms. The van der Waals surface area contributed by atoms with Crippen LogP contribution in [0.2, 0.25) is 0 Å². The molecule has 0 spiro atoms. The fourth-order valence-electron chi connectivity index (χ4n) is 2.96. The molecule has 9 heteroatoms. The highest BCUT2D eigenvalue weighted by molar-refractivity contribution is 5.73. The molecule has 25 heavy (non-hydrogen) atoms. The Bertz CT molecular complexity index is 612. The second kappa shape index (κ2) is 7.07. The van der Waals surface area contributed by atoms with Crippen molar-refractivity contribution < 1.29 is 27.8 Å². The first-order valence-corrected chi connectivity index (χ1v) is 8.19. The molecule has 2 unspecified atom stereocenters. The number of carboxylic acids is 1. The number of rotatable bonds is 4. The lowest BCUT2D eigenvalue weighted by Crippen LogP contribution is -2.46. The van der Waals surface area contributed by atoms with Gasteiger partial charge in [0, 0.05) is 25.2 Å². The molecule has 0 aromatic carbocycles. The van der Waals surface area contributed by atoms with Gasteiger partial charge in [-0.2, -0.15) is 13.2 Å². The van der Waals surface area contributed by atoms with Crippen LogP contribution in [0, 0.1) is 11.8 Å². The van der Waals surface area contributed by atoms with Gasteiger partial charge in [-0.25, -0.2) is 4.79 Å². The van der Waals surface area contributed by atoms with Gasteiger partial charge in [-0.05, 0) is 31.2 Å². The van der Waals surface area contributed by atoms with Crippen LogP contribution in [0.15, 0.2) is 18.5 Å². The summed E-state index contributed by atoms with van der Waals surface area (Å²) in [4.78, 5) is 15.6. The number of anilines is 1. The quantitative estimate of drug-likeness (QED) is 0.856. The number of halogens is 3. The molecule has 1 aromatic heterocycles. The number of pyridine rings is 1. The van der Waals surface area contributed by atoms with E-state index in [-0.39, 0.29) is 0 Å². The molecule has 3 fully saturated rings. The normalized spacial score (nSPS) is 26.8. The second-order valence-corrected chi connectivity index (χ2v) is 6.59. The van der Waals surface area contributed by atoms with Crippen LogP contribution in [-0.2, 0) is 4.79 Å². The van der Waals surface area contributed by atoms with E-state index in [0.717, 1.165) is 30.7 Å². The van der Waals surface area contributed by atoms with E-state index in [2.05, 4.69) is 21.3 Å². The van der Waals surface area contributed by atoms with E-state index < -0.39 is 12.1 Å². The highest BCUT2D eigenvalue weighted by atomic mass is 19.4. The first-order valence-electron chi connectivity index (χ1n) is 8.19. The van der Waals surface area contributed by atoms with Gasteiger partial charge in [0.05, 0.1) is 18.1 Å². The highest BCUT2D eigenvalue weighted by Gasteiger charge is 2.45. The molecule has 3 aliphatic rings. The minimum Gasteiger partial charge on any atom is -0.490 e. The SMILES string of the molecule is O=C(O)C(F)(F)F.c1ncc(N2CC3CC3C2)cc1OC[C@H]1CCN1. The Hall–Kier alpha value is -2.03. The van der Waals surface area contributed by atoms with Crippen molar-refractivity contribution in [3.8, 4) is 5.75 Å². The van der Waals surface area contributed by atoms with Crippen LogP contribution in [0.5, 0.6) is 5.75 Å². The van der Waals surface area contributed by atoms with Crippen LogP contribution < -0.4 is 15.0 Å². The molecule has 1 saturated carbocycles. The molecule has 4 rings (SSSR count). The number of alkyl halides is 3.